The zero-order valence-corrected chi connectivity index (χ0v) is 11.6. The van der Waals surface area contributed by atoms with Crippen LogP contribution < -0.4 is 10.6 Å². The average Bonchev–Trinajstić information content (AvgIpc) is 2.39. The fourth-order valence-electron chi connectivity index (χ4n) is 2.79. The van der Waals surface area contributed by atoms with Crippen molar-refractivity contribution in [3.8, 4) is 0 Å². The molecule has 2 aliphatic rings. The van der Waals surface area contributed by atoms with E-state index in [0.717, 1.165) is 24.1 Å². The van der Waals surface area contributed by atoms with E-state index in [1.165, 1.54) is 5.56 Å². The van der Waals surface area contributed by atoms with Gasteiger partial charge in [0, 0.05) is 36.2 Å². The second-order valence-corrected chi connectivity index (χ2v) is 5.68. The number of carbonyl (C=O) groups is 1. The number of halogens is 1. The zero-order chi connectivity index (χ0) is 12.5. The lowest BCUT2D eigenvalue weighted by Gasteiger charge is -2.45. The maximum Gasteiger partial charge on any atom is 0.234 e. The molecule has 96 valence electrons. The van der Waals surface area contributed by atoms with E-state index in [2.05, 4.69) is 43.6 Å². The van der Waals surface area contributed by atoms with E-state index in [-0.39, 0.29) is 11.9 Å². The monoisotopic (exact) mass is 309 g/mol. The lowest BCUT2D eigenvalue weighted by atomic mass is 9.98. The highest BCUT2D eigenvalue weighted by Gasteiger charge is 2.36. The first kappa shape index (κ1) is 12.1. The maximum absolute atomic E-state index is 11.6. The number of rotatable bonds is 1. The highest BCUT2D eigenvalue weighted by Crippen LogP contribution is 2.31. The van der Waals surface area contributed by atoms with E-state index < -0.39 is 0 Å². The summed E-state index contributed by atoms with van der Waals surface area (Å²) in [5.74, 6) is 0.130. The molecule has 2 aliphatic heterocycles. The van der Waals surface area contributed by atoms with E-state index in [0.29, 0.717) is 12.6 Å². The van der Waals surface area contributed by atoms with Crippen LogP contribution in [0.1, 0.15) is 11.6 Å². The molecule has 0 saturated carbocycles. The molecule has 1 amide bonds. The lowest BCUT2D eigenvalue weighted by Crippen LogP contribution is -2.62. The van der Waals surface area contributed by atoms with Crippen molar-refractivity contribution in [3.63, 3.8) is 0 Å². The smallest absolute Gasteiger partial charge is 0.234 e. The standard InChI is InChI=1S/C13H16BrN3O/c14-11-4-2-1-3-10(11)12-7-15-5-9-6-16-13(18)8-17(9)12/h1-4,9,12,15H,5-8H2,(H,16,18). The molecule has 3 rings (SSSR count). The normalized spacial score (nSPS) is 28.6. The van der Waals surface area contributed by atoms with Gasteiger partial charge < -0.3 is 10.6 Å². The molecule has 0 bridgehead atoms. The van der Waals surface area contributed by atoms with E-state index in [1.807, 2.05) is 12.1 Å². The van der Waals surface area contributed by atoms with Gasteiger partial charge in [0.05, 0.1) is 6.54 Å². The van der Waals surface area contributed by atoms with Crippen molar-refractivity contribution >= 4 is 21.8 Å². The van der Waals surface area contributed by atoms with Gasteiger partial charge in [0.2, 0.25) is 5.91 Å². The molecule has 2 N–H and O–H groups in total. The first-order valence-electron chi connectivity index (χ1n) is 6.23. The minimum atomic E-state index is 0.130. The molecule has 5 heteroatoms. The van der Waals surface area contributed by atoms with Gasteiger partial charge in [0.15, 0.2) is 0 Å². The van der Waals surface area contributed by atoms with Crippen LogP contribution in [-0.2, 0) is 4.79 Å². The number of carbonyl (C=O) groups excluding carboxylic acids is 1. The highest BCUT2D eigenvalue weighted by molar-refractivity contribution is 9.10. The Kier molecular flexibility index (Phi) is 3.37. The first-order chi connectivity index (χ1) is 8.75. The number of amides is 1. The second-order valence-electron chi connectivity index (χ2n) is 4.83. The summed E-state index contributed by atoms with van der Waals surface area (Å²) >= 11 is 3.61. The summed E-state index contributed by atoms with van der Waals surface area (Å²) in [4.78, 5) is 13.9. The Bertz CT molecular complexity index is 465. The molecule has 0 aromatic heterocycles. The minimum Gasteiger partial charge on any atom is -0.353 e. The Balaban J connectivity index is 1.90. The van der Waals surface area contributed by atoms with Crippen molar-refractivity contribution in [2.45, 2.75) is 12.1 Å². The van der Waals surface area contributed by atoms with E-state index in [1.54, 1.807) is 0 Å². The number of piperazine rings is 2. The third-order valence-corrected chi connectivity index (χ3v) is 4.43. The van der Waals surface area contributed by atoms with Crippen molar-refractivity contribution < 1.29 is 4.79 Å². The van der Waals surface area contributed by atoms with Crippen LogP contribution >= 0.6 is 15.9 Å². The van der Waals surface area contributed by atoms with Gasteiger partial charge in [-0.15, -0.1) is 0 Å². The van der Waals surface area contributed by atoms with Gasteiger partial charge >= 0.3 is 0 Å². The summed E-state index contributed by atoms with van der Waals surface area (Å²) in [5.41, 5.74) is 1.25. The van der Waals surface area contributed by atoms with Crippen molar-refractivity contribution in [3.05, 3.63) is 34.3 Å². The molecular weight excluding hydrogens is 294 g/mol. The molecule has 0 aliphatic carbocycles. The summed E-state index contributed by atoms with van der Waals surface area (Å²) in [6, 6.07) is 8.92. The summed E-state index contributed by atoms with van der Waals surface area (Å²) in [6.07, 6.45) is 0. The van der Waals surface area contributed by atoms with Crippen LogP contribution in [0.4, 0.5) is 0 Å². The van der Waals surface area contributed by atoms with Crippen molar-refractivity contribution in [1.82, 2.24) is 15.5 Å². The third kappa shape index (κ3) is 2.18. The maximum atomic E-state index is 11.6. The molecule has 1 aromatic rings. The van der Waals surface area contributed by atoms with Gasteiger partial charge in [0.1, 0.15) is 0 Å². The van der Waals surface area contributed by atoms with Crippen LogP contribution in [0.25, 0.3) is 0 Å². The van der Waals surface area contributed by atoms with E-state index in [9.17, 15) is 4.79 Å². The van der Waals surface area contributed by atoms with Gasteiger partial charge in [-0.2, -0.15) is 0 Å². The zero-order valence-electron chi connectivity index (χ0n) is 10.0. The third-order valence-electron chi connectivity index (χ3n) is 3.71. The van der Waals surface area contributed by atoms with Crippen LogP contribution in [0.15, 0.2) is 28.7 Å². The second kappa shape index (κ2) is 4.99. The van der Waals surface area contributed by atoms with Crippen LogP contribution in [0.2, 0.25) is 0 Å². The predicted octanol–water partition coefficient (Wildman–Crippen LogP) is 0.894. The molecule has 2 atom stereocenters. The Morgan fingerprint density at radius 1 is 1.22 bits per heavy atom. The molecule has 2 heterocycles. The number of hydrogen-bond acceptors (Lipinski definition) is 3. The highest BCUT2D eigenvalue weighted by atomic mass is 79.9. The SMILES string of the molecule is O=C1CN2C(CNCC2c2ccccc2Br)CN1. The summed E-state index contributed by atoms with van der Waals surface area (Å²) in [7, 11) is 0. The Morgan fingerprint density at radius 2 is 2.06 bits per heavy atom. The van der Waals surface area contributed by atoms with Crippen molar-refractivity contribution in [2.24, 2.45) is 0 Å². The van der Waals surface area contributed by atoms with Gasteiger partial charge in [-0.05, 0) is 11.6 Å². The molecule has 0 spiro atoms. The first-order valence-corrected chi connectivity index (χ1v) is 7.02. The van der Waals surface area contributed by atoms with Crippen molar-refractivity contribution in [1.29, 1.82) is 0 Å². The Morgan fingerprint density at radius 3 is 2.89 bits per heavy atom. The summed E-state index contributed by atoms with van der Waals surface area (Å²) < 4.78 is 1.11. The fourth-order valence-corrected chi connectivity index (χ4v) is 3.34. The van der Waals surface area contributed by atoms with Crippen LogP contribution in [0.3, 0.4) is 0 Å². The summed E-state index contributed by atoms with van der Waals surface area (Å²) in [6.45, 7) is 3.08. The topological polar surface area (TPSA) is 44.4 Å². The van der Waals surface area contributed by atoms with Gasteiger partial charge in [-0.1, -0.05) is 34.1 Å². The number of fused-ring (bicyclic) bond motifs is 1. The predicted molar refractivity (Wildman–Crippen MR) is 73.3 cm³/mol. The largest absolute Gasteiger partial charge is 0.353 e. The van der Waals surface area contributed by atoms with Crippen LogP contribution in [0.5, 0.6) is 0 Å². The van der Waals surface area contributed by atoms with Crippen LogP contribution in [-0.4, -0.2) is 43.0 Å². The molecule has 2 saturated heterocycles. The molecule has 2 fully saturated rings. The van der Waals surface area contributed by atoms with Gasteiger partial charge in [0.25, 0.3) is 0 Å². The number of nitrogens with one attached hydrogen (secondary N) is 2. The average molecular weight is 310 g/mol. The van der Waals surface area contributed by atoms with Gasteiger partial charge in [-0.25, -0.2) is 0 Å². The van der Waals surface area contributed by atoms with Crippen molar-refractivity contribution in [2.75, 3.05) is 26.2 Å². The number of nitrogens with zero attached hydrogens (tertiary/aromatic N) is 1. The van der Waals surface area contributed by atoms with E-state index >= 15 is 0 Å². The number of benzene rings is 1. The Hall–Kier alpha value is -0.910. The molecule has 0 radical (unpaired) electrons. The molecule has 2 unspecified atom stereocenters. The molecule has 18 heavy (non-hydrogen) atoms. The lowest BCUT2D eigenvalue weighted by molar-refractivity contribution is -0.127. The minimum absolute atomic E-state index is 0.130. The Labute approximate surface area is 115 Å². The molecule has 1 aromatic carbocycles. The van der Waals surface area contributed by atoms with Gasteiger partial charge in [-0.3, -0.25) is 9.69 Å². The number of hydrogen-bond donors (Lipinski definition) is 2. The quantitative estimate of drug-likeness (QED) is 0.810. The summed E-state index contributed by atoms with van der Waals surface area (Å²) in [5, 5.41) is 6.40. The molecular formula is C13H16BrN3O. The van der Waals surface area contributed by atoms with E-state index in [4.69, 9.17) is 0 Å². The fraction of sp³-hybridized carbons (Fsp3) is 0.462. The van der Waals surface area contributed by atoms with Crippen LogP contribution in [0, 0.1) is 0 Å². The molecule has 4 nitrogen and oxygen atoms in total.